The normalized spacial score (nSPS) is 51.9. The van der Waals surface area contributed by atoms with Gasteiger partial charge in [-0.1, -0.05) is 13.8 Å². The number of halogens is 1. The van der Waals surface area contributed by atoms with Crippen LogP contribution >= 0.6 is 0 Å². The molecule has 7 nitrogen and oxygen atoms in total. The van der Waals surface area contributed by atoms with E-state index in [9.17, 15) is 14.4 Å². The van der Waals surface area contributed by atoms with Crippen LogP contribution < -0.4 is 0 Å². The Morgan fingerprint density at radius 3 is 2.56 bits per heavy atom. The van der Waals surface area contributed by atoms with Crippen molar-refractivity contribution in [2.24, 2.45) is 22.7 Å². The van der Waals surface area contributed by atoms with Crippen molar-refractivity contribution in [3.05, 3.63) is 11.6 Å². The van der Waals surface area contributed by atoms with Gasteiger partial charge in [-0.05, 0) is 63.0 Å². The molecule has 0 bridgehead atoms. The first-order chi connectivity index (χ1) is 15.8. The first kappa shape index (κ1) is 22.8. The summed E-state index contributed by atoms with van der Waals surface area (Å²) < 4.78 is 40.1. The number of hydrogen-bond donors (Lipinski definition) is 0. The number of Topliss-reactive ketones (excluding diaryl/α,β-unsaturated/α-hetero) is 1. The van der Waals surface area contributed by atoms with Crippen LogP contribution in [0.15, 0.2) is 11.6 Å². The Hall–Kier alpha value is -1.64. The van der Waals surface area contributed by atoms with Gasteiger partial charge in [0.25, 0.3) is 0 Å². The number of carbonyl (C=O) groups is 3. The molecule has 9 atom stereocenters. The number of epoxide rings is 1. The van der Waals surface area contributed by atoms with E-state index in [1.807, 2.05) is 6.92 Å². The first-order valence-electron chi connectivity index (χ1n) is 12.4. The average Bonchev–Trinajstić information content (AvgIpc) is 3.32. The van der Waals surface area contributed by atoms with Gasteiger partial charge in [0.05, 0.1) is 12.2 Å². The smallest absolute Gasteiger partial charge is 0.303 e. The highest BCUT2D eigenvalue weighted by Crippen LogP contribution is 2.78. The molecule has 0 aromatic heterocycles. The van der Waals surface area contributed by atoms with E-state index in [1.54, 1.807) is 13.8 Å². The van der Waals surface area contributed by atoms with Crippen molar-refractivity contribution >= 4 is 17.5 Å². The van der Waals surface area contributed by atoms with Gasteiger partial charge in [-0.15, -0.1) is 0 Å². The van der Waals surface area contributed by atoms with Crippen molar-refractivity contribution in [2.45, 2.75) is 102 Å². The van der Waals surface area contributed by atoms with Gasteiger partial charge < -0.3 is 18.9 Å². The van der Waals surface area contributed by atoms with E-state index in [2.05, 4.69) is 6.92 Å². The molecule has 0 radical (unpaired) electrons. The molecular weight excluding hydrogens is 443 g/mol. The van der Waals surface area contributed by atoms with Gasteiger partial charge in [0.1, 0.15) is 11.8 Å². The van der Waals surface area contributed by atoms with Crippen LogP contribution in [0, 0.1) is 22.7 Å². The standard InChI is InChI=1S/C26H33FO7/c1-13(28)31-12-19(30)26-20(32-22(2,3)34-26)10-15-16-9-18(27)17-8-14(29)6-7-23(17,4)25(16)21(33-25)11-24(15,26)5/h8,15-16,18,20-21H,6-7,9-12H2,1-5H3/t15-,16-,18-,20?,21-,23-,24-,25+,26+/m0/s1. The summed E-state index contributed by atoms with van der Waals surface area (Å²) in [5, 5.41) is 0. The Morgan fingerprint density at radius 1 is 1.12 bits per heavy atom. The zero-order chi connectivity index (χ0) is 24.5. The van der Waals surface area contributed by atoms with Gasteiger partial charge in [-0.2, -0.15) is 0 Å². The minimum absolute atomic E-state index is 0.0164. The Balaban J connectivity index is 1.43. The van der Waals surface area contributed by atoms with Gasteiger partial charge >= 0.3 is 5.97 Å². The minimum Gasteiger partial charge on any atom is -0.458 e. The monoisotopic (exact) mass is 476 g/mol. The summed E-state index contributed by atoms with van der Waals surface area (Å²) in [6, 6.07) is 0. The van der Waals surface area contributed by atoms with Gasteiger partial charge in [0.2, 0.25) is 5.78 Å². The van der Waals surface area contributed by atoms with Crippen LogP contribution in [0.3, 0.4) is 0 Å². The van der Waals surface area contributed by atoms with Crippen LogP contribution in [0.1, 0.15) is 66.7 Å². The van der Waals surface area contributed by atoms with E-state index < -0.39 is 46.1 Å². The quantitative estimate of drug-likeness (QED) is 0.456. The molecule has 0 N–H and O–H groups in total. The Bertz CT molecular complexity index is 1040. The summed E-state index contributed by atoms with van der Waals surface area (Å²) in [7, 11) is 0. The van der Waals surface area contributed by atoms with E-state index in [0.717, 1.165) is 0 Å². The van der Waals surface area contributed by atoms with Crippen LogP contribution in [0.4, 0.5) is 4.39 Å². The lowest BCUT2D eigenvalue weighted by Crippen LogP contribution is -2.64. The third-order valence-corrected chi connectivity index (χ3v) is 10.1. The molecule has 2 aliphatic heterocycles. The molecule has 0 amide bonds. The molecule has 1 unspecified atom stereocenters. The summed E-state index contributed by atoms with van der Waals surface area (Å²) >= 11 is 0. The SMILES string of the molecule is CC(=O)OCC(=O)[C@@]12OC(C)(C)OC1C[C@H]1[C@@H]3C[C@H](F)C4=CC(=O)CC[C@]4(C)[C@@]34O[C@H]4C[C@@]12C. The summed E-state index contributed by atoms with van der Waals surface area (Å²) in [5.41, 5.74) is -2.44. The van der Waals surface area contributed by atoms with Crippen LogP contribution in [-0.4, -0.2) is 59.5 Å². The number of hydrogen-bond acceptors (Lipinski definition) is 7. The summed E-state index contributed by atoms with van der Waals surface area (Å²) in [6.45, 7) is 8.58. The predicted molar refractivity (Wildman–Crippen MR) is 116 cm³/mol. The van der Waals surface area contributed by atoms with Gasteiger partial charge in [0.15, 0.2) is 23.8 Å². The highest BCUT2D eigenvalue weighted by molar-refractivity contribution is 5.93. The second kappa shape index (κ2) is 6.56. The number of fused-ring (bicyclic) bond motifs is 5. The molecule has 2 saturated heterocycles. The number of carbonyl (C=O) groups excluding carboxylic acids is 3. The van der Waals surface area contributed by atoms with Gasteiger partial charge in [0, 0.05) is 24.2 Å². The zero-order valence-corrected chi connectivity index (χ0v) is 20.4. The third kappa shape index (κ3) is 2.50. The van der Waals surface area contributed by atoms with Crippen molar-refractivity contribution in [1.29, 1.82) is 0 Å². The zero-order valence-electron chi connectivity index (χ0n) is 20.4. The lowest BCUT2D eigenvalue weighted by atomic mass is 9.45. The molecule has 3 saturated carbocycles. The van der Waals surface area contributed by atoms with Gasteiger partial charge in [-0.25, -0.2) is 4.39 Å². The fourth-order valence-electron chi connectivity index (χ4n) is 8.88. The molecule has 0 aromatic carbocycles. The average molecular weight is 477 g/mol. The predicted octanol–water partition coefficient (Wildman–Crippen LogP) is 3.23. The highest BCUT2D eigenvalue weighted by atomic mass is 19.1. The largest absolute Gasteiger partial charge is 0.458 e. The maximum atomic E-state index is 15.7. The molecule has 1 spiro atoms. The molecule has 6 rings (SSSR count). The maximum absolute atomic E-state index is 15.7. The Labute approximate surface area is 198 Å². The van der Waals surface area contributed by atoms with Crippen molar-refractivity contribution in [2.75, 3.05) is 6.61 Å². The fraction of sp³-hybridized carbons (Fsp3) is 0.808. The van der Waals surface area contributed by atoms with E-state index >= 15 is 4.39 Å². The molecule has 4 aliphatic carbocycles. The van der Waals surface area contributed by atoms with Crippen LogP contribution in [0.2, 0.25) is 0 Å². The summed E-state index contributed by atoms with van der Waals surface area (Å²) in [4.78, 5) is 37.4. The number of alkyl halides is 1. The van der Waals surface area contributed by atoms with Crippen LogP contribution in [0.25, 0.3) is 0 Å². The summed E-state index contributed by atoms with van der Waals surface area (Å²) in [6.07, 6.45) is 2.00. The lowest BCUT2D eigenvalue weighted by Gasteiger charge is -2.57. The van der Waals surface area contributed by atoms with Crippen molar-refractivity contribution in [3.8, 4) is 0 Å². The number of ether oxygens (including phenoxy) is 4. The Morgan fingerprint density at radius 2 is 1.85 bits per heavy atom. The molecule has 8 heteroatoms. The first-order valence-corrected chi connectivity index (χ1v) is 12.4. The molecule has 34 heavy (non-hydrogen) atoms. The number of rotatable bonds is 3. The molecule has 2 heterocycles. The highest BCUT2D eigenvalue weighted by Gasteiger charge is 2.85. The van der Waals surface area contributed by atoms with E-state index in [-0.39, 0.29) is 42.5 Å². The molecule has 5 fully saturated rings. The number of ketones is 2. The van der Waals surface area contributed by atoms with Gasteiger partial charge in [-0.3, -0.25) is 14.4 Å². The molecule has 0 aromatic rings. The van der Waals surface area contributed by atoms with E-state index in [0.29, 0.717) is 31.3 Å². The minimum atomic E-state index is -1.29. The van der Waals surface area contributed by atoms with E-state index in [1.165, 1.54) is 13.0 Å². The van der Waals surface area contributed by atoms with E-state index in [4.69, 9.17) is 18.9 Å². The topological polar surface area (TPSA) is 91.4 Å². The molecule has 186 valence electrons. The van der Waals surface area contributed by atoms with Crippen molar-refractivity contribution in [3.63, 3.8) is 0 Å². The summed E-state index contributed by atoms with van der Waals surface area (Å²) in [5.74, 6) is -2.01. The Kier molecular flexibility index (Phi) is 4.40. The molecular formula is C26H33FO7. The lowest BCUT2D eigenvalue weighted by molar-refractivity contribution is -0.213. The molecule has 6 aliphatic rings. The fourth-order valence-corrected chi connectivity index (χ4v) is 8.88. The van der Waals surface area contributed by atoms with Crippen molar-refractivity contribution < 1.29 is 37.7 Å². The van der Waals surface area contributed by atoms with Crippen LogP contribution in [0.5, 0.6) is 0 Å². The second-order valence-corrected chi connectivity index (χ2v) is 12.1. The number of esters is 1. The third-order valence-electron chi connectivity index (χ3n) is 10.1. The van der Waals surface area contributed by atoms with Crippen LogP contribution in [-0.2, 0) is 33.3 Å². The maximum Gasteiger partial charge on any atom is 0.303 e. The van der Waals surface area contributed by atoms with Crippen molar-refractivity contribution in [1.82, 2.24) is 0 Å². The second-order valence-electron chi connectivity index (χ2n) is 12.1.